The van der Waals surface area contributed by atoms with Crippen LogP contribution >= 0.6 is 11.6 Å². The lowest BCUT2D eigenvalue weighted by molar-refractivity contribution is -0.0315. The number of amidine groups is 1. The van der Waals surface area contributed by atoms with Gasteiger partial charge in [0.2, 0.25) is 0 Å². The van der Waals surface area contributed by atoms with Crippen molar-refractivity contribution in [3.63, 3.8) is 0 Å². The quantitative estimate of drug-likeness (QED) is 0.374. The number of hydrogen-bond acceptors (Lipinski definition) is 3. The van der Waals surface area contributed by atoms with E-state index >= 15 is 0 Å². The first-order valence-corrected chi connectivity index (χ1v) is 6.17. The Morgan fingerprint density at radius 2 is 2.17 bits per heavy atom. The van der Waals surface area contributed by atoms with E-state index in [9.17, 15) is 0 Å². The minimum Gasteiger partial charge on any atom is -0.409 e. The fourth-order valence-corrected chi connectivity index (χ4v) is 1.49. The van der Waals surface area contributed by atoms with Crippen LogP contribution in [0.2, 0.25) is 5.02 Å². The maximum absolute atomic E-state index is 8.59. The number of nitrogens with two attached hydrogens (primary N) is 1. The molecular formula is C13H19ClN2O2. The van der Waals surface area contributed by atoms with E-state index < -0.39 is 0 Å². The first-order chi connectivity index (χ1) is 8.39. The Hall–Kier alpha value is -1.26. The number of hydrogen-bond donors (Lipinski definition) is 2. The van der Waals surface area contributed by atoms with Gasteiger partial charge in [-0.05, 0) is 31.9 Å². The lowest BCUT2D eigenvalue weighted by Crippen LogP contribution is -2.22. The number of oxime groups is 1. The fraction of sp³-hybridized carbons (Fsp3) is 0.462. The summed E-state index contributed by atoms with van der Waals surface area (Å²) in [5, 5.41) is 12.1. The van der Waals surface area contributed by atoms with Crippen molar-refractivity contribution in [1.82, 2.24) is 0 Å². The Morgan fingerprint density at radius 3 is 2.67 bits per heavy atom. The van der Waals surface area contributed by atoms with Gasteiger partial charge >= 0.3 is 0 Å². The molecule has 100 valence electrons. The summed E-state index contributed by atoms with van der Waals surface area (Å²) >= 11 is 6.13. The zero-order valence-corrected chi connectivity index (χ0v) is 11.7. The standard InChI is InChI=1S/C13H19ClN2O2/c1-4-13(2,3)18-8-10-6-5-9(7-11(10)14)12(15)16-17/h5-7,17H,4,8H2,1-3H3,(H2,15,16). The van der Waals surface area contributed by atoms with Gasteiger partial charge < -0.3 is 15.7 Å². The van der Waals surface area contributed by atoms with Gasteiger partial charge in [-0.2, -0.15) is 0 Å². The second-order valence-electron chi connectivity index (χ2n) is 4.69. The molecule has 4 nitrogen and oxygen atoms in total. The van der Waals surface area contributed by atoms with Gasteiger partial charge in [0.15, 0.2) is 5.84 Å². The zero-order chi connectivity index (χ0) is 13.8. The molecule has 0 atom stereocenters. The minimum absolute atomic E-state index is 0.0401. The number of rotatable bonds is 5. The molecule has 0 fully saturated rings. The lowest BCUT2D eigenvalue weighted by Gasteiger charge is -2.23. The monoisotopic (exact) mass is 270 g/mol. The van der Waals surface area contributed by atoms with E-state index in [0.717, 1.165) is 12.0 Å². The van der Waals surface area contributed by atoms with E-state index in [1.54, 1.807) is 12.1 Å². The third-order valence-electron chi connectivity index (χ3n) is 2.93. The topological polar surface area (TPSA) is 67.8 Å². The second-order valence-corrected chi connectivity index (χ2v) is 5.10. The van der Waals surface area contributed by atoms with Crippen LogP contribution in [0, 0.1) is 0 Å². The predicted molar refractivity (Wildman–Crippen MR) is 73.1 cm³/mol. The van der Waals surface area contributed by atoms with E-state index in [1.807, 2.05) is 19.9 Å². The van der Waals surface area contributed by atoms with Gasteiger partial charge in [-0.25, -0.2) is 0 Å². The molecule has 0 spiro atoms. The van der Waals surface area contributed by atoms with Crippen molar-refractivity contribution in [2.75, 3.05) is 0 Å². The molecule has 0 saturated heterocycles. The molecule has 0 aliphatic rings. The van der Waals surface area contributed by atoms with Gasteiger partial charge in [0.05, 0.1) is 12.2 Å². The number of nitrogens with zero attached hydrogens (tertiary/aromatic N) is 1. The Bertz CT molecular complexity index is 445. The van der Waals surface area contributed by atoms with Crippen molar-refractivity contribution in [1.29, 1.82) is 0 Å². The van der Waals surface area contributed by atoms with Crippen molar-refractivity contribution in [3.05, 3.63) is 34.3 Å². The average molecular weight is 271 g/mol. The molecular weight excluding hydrogens is 252 g/mol. The summed E-state index contributed by atoms with van der Waals surface area (Å²) in [6.45, 7) is 6.58. The van der Waals surface area contributed by atoms with Crippen molar-refractivity contribution in [2.45, 2.75) is 39.4 Å². The summed E-state index contributed by atoms with van der Waals surface area (Å²) in [6, 6.07) is 5.23. The molecule has 0 aliphatic carbocycles. The Morgan fingerprint density at radius 1 is 1.50 bits per heavy atom. The molecule has 0 aromatic heterocycles. The molecule has 0 radical (unpaired) electrons. The van der Waals surface area contributed by atoms with E-state index in [-0.39, 0.29) is 11.4 Å². The maximum Gasteiger partial charge on any atom is 0.170 e. The van der Waals surface area contributed by atoms with Crippen LogP contribution < -0.4 is 5.73 Å². The van der Waals surface area contributed by atoms with E-state index in [4.69, 9.17) is 27.3 Å². The van der Waals surface area contributed by atoms with Gasteiger partial charge in [0, 0.05) is 10.6 Å². The molecule has 0 heterocycles. The molecule has 1 aromatic rings. The van der Waals surface area contributed by atoms with Crippen LogP contribution in [0.1, 0.15) is 38.3 Å². The third kappa shape index (κ3) is 3.89. The van der Waals surface area contributed by atoms with Crippen molar-refractivity contribution < 1.29 is 9.94 Å². The van der Waals surface area contributed by atoms with Crippen molar-refractivity contribution in [2.24, 2.45) is 10.9 Å². The molecule has 1 rings (SSSR count). The molecule has 18 heavy (non-hydrogen) atoms. The molecule has 0 unspecified atom stereocenters. The summed E-state index contributed by atoms with van der Waals surface area (Å²) in [6.07, 6.45) is 0.923. The van der Waals surface area contributed by atoms with Crippen LogP contribution in [-0.2, 0) is 11.3 Å². The summed E-state index contributed by atoms with van der Waals surface area (Å²) in [5.41, 5.74) is 6.78. The smallest absolute Gasteiger partial charge is 0.170 e. The molecule has 0 amide bonds. The van der Waals surface area contributed by atoms with Crippen LogP contribution in [0.3, 0.4) is 0 Å². The van der Waals surface area contributed by atoms with E-state index in [2.05, 4.69) is 12.1 Å². The van der Waals surface area contributed by atoms with Crippen LogP contribution in [-0.4, -0.2) is 16.6 Å². The molecule has 0 saturated carbocycles. The van der Waals surface area contributed by atoms with Gasteiger partial charge in [0.1, 0.15) is 0 Å². The van der Waals surface area contributed by atoms with Gasteiger partial charge in [-0.3, -0.25) is 0 Å². The highest BCUT2D eigenvalue weighted by Gasteiger charge is 2.16. The second kappa shape index (κ2) is 6.07. The predicted octanol–water partition coefficient (Wildman–Crippen LogP) is 3.14. The molecule has 3 N–H and O–H groups in total. The molecule has 0 bridgehead atoms. The normalized spacial score (nSPS) is 12.8. The highest BCUT2D eigenvalue weighted by atomic mass is 35.5. The van der Waals surface area contributed by atoms with Crippen LogP contribution in [0.4, 0.5) is 0 Å². The molecule has 0 aliphatic heterocycles. The lowest BCUT2D eigenvalue weighted by atomic mass is 10.1. The van der Waals surface area contributed by atoms with Gasteiger partial charge in [0.25, 0.3) is 0 Å². The molecule has 1 aromatic carbocycles. The van der Waals surface area contributed by atoms with E-state index in [1.165, 1.54) is 0 Å². The largest absolute Gasteiger partial charge is 0.409 e. The van der Waals surface area contributed by atoms with Crippen molar-refractivity contribution in [3.8, 4) is 0 Å². The highest BCUT2D eigenvalue weighted by Crippen LogP contribution is 2.22. The maximum atomic E-state index is 8.59. The fourth-order valence-electron chi connectivity index (χ4n) is 1.26. The summed E-state index contributed by atoms with van der Waals surface area (Å²) in [7, 11) is 0. The first-order valence-electron chi connectivity index (χ1n) is 5.80. The van der Waals surface area contributed by atoms with Gasteiger partial charge in [-0.15, -0.1) is 0 Å². The highest BCUT2D eigenvalue weighted by molar-refractivity contribution is 6.31. The number of halogens is 1. The summed E-state index contributed by atoms with van der Waals surface area (Å²) in [4.78, 5) is 0. The number of benzene rings is 1. The summed E-state index contributed by atoms with van der Waals surface area (Å²) in [5.74, 6) is 0.0401. The van der Waals surface area contributed by atoms with Crippen molar-refractivity contribution >= 4 is 17.4 Å². The number of ether oxygens (including phenoxy) is 1. The van der Waals surface area contributed by atoms with Crippen LogP contribution in [0.5, 0.6) is 0 Å². The van der Waals surface area contributed by atoms with Crippen LogP contribution in [0.25, 0.3) is 0 Å². The summed E-state index contributed by atoms with van der Waals surface area (Å²) < 4.78 is 5.78. The van der Waals surface area contributed by atoms with Gasteiger partial charge in [-0.1, -0.05) is 35.8 Å². The third-order valence-corrected chi connectivity index (χ3v) is 3.28. The SMILES string of the molecule is CCC(C)(C)OCc1ccc(/C(N)=N/O)cc1Cl. The Kier molecular flexibility index (Phi) is 4.99. The van der Waals surface area contributed by atoms with E-state index in [0.29, 0.717) is 17.2 Å². The molecule has 5 heteroatoms. The first kappa shape index (κ1) is 14.8. The Labute approximate surface area is 112 Å². The zero-order valence-electron chi connectivity index (χ0n) is 10.9. The Balaban J connectivity index is 2.81. The average Bonchev–Trinajstić information content (AvgIpc) is 2.36. The van der Waals surface area contributed by atoms with Crippen LogP contribution in [0.15, 0.2) is 23.4 Å². The minimum atomic E-state index is -0.173.